The van der Waals surface area contributed by atoms with Crippen molar-refractivity contribution in [3.8, 4) is 0 Å². The Morgan fingerprint density at radius 2 is 2.19 bits per heavy atom. The van der Waals surface area contributed by atoms with Gasteiger partial charge in [-0.05, 0) is 13.3 Å². The number of nitrogens with two attached hydrogens (primary N) is 1. The Morgan fingerprint density at radius 1 is 1.56 bits per heavy atom. The minimum absolute atomic E-state index is 0.0611. The number of hydrogen-bond acceptors (Lipinski definition) is 3. The summed E-state index contributed by atoms with van der Waals surface area (Å²) in [7, 11) is 3.53. The van der Waals surface area contributed by atoms with Crippen LogP contribution in [0.2, 0.25) is 0 Å². The molecule has 0 atom stereocenters. The van der Waals surface area contributed by atoms with Crippen molar-refractivity contribution in [2.45, 2.75) is 26.7 Å². The minimum Gasteiger partial charge on any atom is -0.395 e. The van der Waals surface area contributed by atoms with E-state index < -0.39 is 0 Å². The largest absolute Gasteiger partial charge is 0.395 e. The van der Waals surface area contributed by atoms with E-state index in [2.05, 4.69) is 12.0 Å². The van der Waals surface area contributed by atoms with E-state index in [1.165, 1.54) is 0 Å². The minimum atomic E-state index is -0.0611. The van der Waals surface area contributed by atoms with Crippen molar-refractivity contribution in [2.24, 2.45) is 7.05 Å². The molecule has 1 heterocycles. The maximum absolute atomic E-state index is 12.1. The van der Waals surface area contributed by atoms with Gasteiger partial charge in [-0.1, -0.05) is 13.3 Å². The van der Waals surface area contributed by atoms with Gasteiger partial charge < -0.3 is 10.6 Å². The van der Waals surface area contributed by atoms with Crippen molar-refractivity contribution in [1.29, 1.82) is 0 Å². The molecule has 1 rings (SSSR count). The SMILES string of the molecule is CCCCN(C)C(=O)c1c(N)c(C)nn1C. The Morgan fingerprint density at radius 3 is 2.62 bits per heavy atom. The molecule has 5 heteroatoms. The number of amides is 1. The lowest BCUT2D eigenvalue weighted by atomic mass is 10.2. The summed E-state index contributed by atoms with van der Waals surface area (Å²) in [5, 5.41) is 4.14. The molecule has 2 N–H and O–H groups in total. The van der Waals surface area contributed by atoms with Gasteiger partial charge >= 0.3 is 0 Å². The number of rotatable bonds is 4. The van der Waals surface area contributed by atoms with Crippen LogP contribution in [0, 0.1) is 6.92 Å². The molecule has 90 valence electrons. The van der Waals surface area contributed by atoms with Crippen LogP contribution in [0.4, 0.5) is 5.69 Å². The van der Waals surface area contributed by atoms with E-state index in [9.17, 15) is 4.79 Å². The first-order chi connectivity index (χ1) is 7.49. The van der Waals surface area contributed by atoms with Gasteiger partial charge in [0.25, 0.3) is 5.91 Å². The molecule has 0 bridgehead atoms. The molecule has 5 nitrogen and oxygen atoms in total. The number of anilines is 1. The van der Waals surface area contributed by atoms with Gasteiger partial charge in [-0.3, -0.25) is 9.48 Å². The van der Waals surface area contributed by atoms with Crippen LogP contribution in [0.5, 0.6) is 0 Å². The highest BCUT2D eigenvalue weighted by Crippen LogP contribution is 2.16. The quantitative estimate of drug-likeness (QED) is 0.835. The molecule has 0 saturated carbocycles. The Balaban J connectivity index is 2.87. The fraction of sp³-hybridized carbons (Fsp3) is 0.636. The molecule has 0 radical (unpaired) electrons. The molecule has 1 aromatic heterocycles. The average molecular weight is 224 g/mol. The molecule has 0 fully saturated rings. The monoisotopic (exact) mass is 224 g/mol. The number of nitrogen functional groups attached to an aromatic ring is 1. The van der Waals surface area contributed by atoms with Crippen LogP contribution < -0.4 is 5.73 Å². The summed E-state index contributed by atoms with van der Waals surface area (Å²) in [6, 6.07) is 0. The maximum atomic E-state index is 12.1. The van der Waals surface area contributed by atoms with E-state index in [1.807, 2.05) is 0 Å². The Kier molecular flexibility index (Phi) is 3.93. The normalized spacial score (nSPS) is 10.5. The van der Waals surface area contributed by atoms with Crippen LogP contribution in [-0.4, -0.2) is 34.2 Å². The highest BCUT2D eigenvalue weighted by Gasteiger charge is 2.20. The summed E-state index contributed by atoms with van der Waals surface area (Å²) in [4.78, 5) is 13.8. The molecule has 1 aromatic rings. The molecule has 0 aliphatic heterocycles. The number of carbonyl (C=O) groups excluding carboxylic acids is 1. The Bertz CT molecular complexity index is 384. The second-order valence-corrected chi connectivity index (χ2v) is 4.05. The van der Waals surface area contributed by atoms with E-state index in [0.29, 0.717) is 17.1 Å². The van der Waals surface area contributed by atoms with Crippen molar-refractivity contribution in [1.82, 2.24) is 14.7 Å². The van der Waals surface area contributed by atoms with Crippen molar-refractivity contribution in [2.75, 3.05) is 19.3 Å². The van der Waals surface area contributed by atoms with Crippen LogP contribution in [-0.2, 0) is 7.05 Å². The third kappa shape index (κ3) is 2.35. The third-order valence-corrected chi connectivity index (χ3v) is 2.66. The molecule has 16 heavy (non-hydrogen) atoms. The van der Waals surface area contributed by atoms with E-state index in [0.717, 1.165) is 19.4 Å². The molecule has 0 aromatic carbocycles. The summed E-state index contributed by atoms with van der Waals surface area (Å²) >= 11 is 0. The van der Waals surface area contributed by atoms with E-state index in [4.69, 9.17) is 5.73 Å². The van der Waals surface area contributed by atoms with Crippen LogP contribution in [0.25, 0.3) is 0 Å². The van der Waals surface area contributed by atoms with Crippen molar-refractivity contribution >= 4 is 11.6 Å². The number of aromatic nitrogens is 2. The second kappa shape index (κ2) is 5.01. The van der Waals surface area contributed by atoms with Crippen LogP contribution in [0.1, 0.15) is 35.9 Å². The Labute approximate surface area is 96.2 Å². The van der Waals surface area contributed by atoms with Crippen LogP contribution in [0.3, 0.4) is 0 Å². The molecule has 1 amide bonds. The number of hydrogen-bond donors (Lipinski definition) is 1. The van der Waals surface area contributed by atoms with Gasteiger partial charge in [0.15, 0.2) is 0 Å². The zero-order valence-electron chi connectivity index (χ0n) is 10.4. The van der Waals surface area contributed by atoms with Crippen LogP contribution >= 0.6 is 0 Å². The first-order valence-electron chi connectivity index (χ1n) is 5.53. The third-order valence-electron chi connectivity index (χ3n) is 2.66. The molecule has 0 spiro atoms. The summed E-state index contributed by atoms with van der Waals surface area (Å²) in [6.07, 6.45) is 2.07. The lowest BCUT2D eigenvalue weighted by Crippen LogP contribution is -2.30. The predicted octanol–water partition coefficient (Wildman–Crippen LogP) is 1.18. The first kappa shape index (κ1) is 12.5. The van der Waals surface area contributed by atoms with Gasteiger partial charge in [-0.25, -0.2) is 0 Å². The molecule has 0 saturated heterocycles. The van der Waals surface area contributed by atoms with Crippen molar-refractivity contribution in [3.63, 3.8) is 0 Å². The lowest BCUT2D eigenvalue weighted by molar-refractivity contribution is 0.0783. The highest BCUT2D eigenvalue weighted by molar-refractivity contribution is 5.97. The maximum Gasteiger partial charge on any atom is 0.274 e. The zero-order valence-corrected chi connectivity index (χ0v) is 10.4. The molecular weight excluding hydrogens is 204 g/mol. The van der Waals surface area contributed by atoms with Gasteiger partial charge in [0.1, 0.15) is 5.69 Å². The van der Waals surface area contributed by atoms with Crippen molar-refractivity contribution in [3.05, 3.63) is 11.4 Å². The van der Waals surface area contributed by atoms with Gasteiger partial charge in [-0.2, -0.15) is 5.10 Å². The smallest absolute Gasteiger partial charge is 0.274 e. The number of nitrogens with zero attached hydrogens (tertiary/aromatic N) is 3. The van der Waals surface area contributed by atoms with Crippen molar-refractivity contribution < 1.29 is 4.79 Å². The topological polar surface area (TPSA) is 64.2 Å². The fourth-order valence-electron chi connectivity index (χ4n) is 1.61. The Hall–Kier alpha value is -1.52. The van der Waals surface area contributed by atoms with E-state index >= 15 is 0 Å². The summed E-state index contributed by atoms with van der Waals surface area (Å²) < 4.78 is 1.55. The van der Waals surface area contributed by atoms with E-state index in [1.54, 1.807) is 30.6 Å². The standard InChI is InChI=1S/C11H20N4O/c1-5-6-7-14(3)11(16)10-9(12)8(2)13-15(10)4/h5-7,12H2,1-4H3. The van der Waals surface area contributed by atoms with Crippen LogP contribution in [0.15, 0.2) is 0 Å². The number of unbranched alkanes of at least 4 members (excludes halogenated alkanes) is 1. The second-order valence-electron chi connectivity index (χ2n) is 4.05. The average Bonchev–Trinajstić information content (AvgIpc) is 2.49. The number of aryl methyl sites for hydroxylation is 2. The molecular formula is C11H20N4O. The van der Waals surface area contributed by atoms with Gasteiger partial charge in [0.2, 0.25) is 0 Å². The summed E-state index contributed by atoms with van der Waals surface area (Å²) in [5.41, 5.74) is 7.51. The first-order valence-corrected chi connectivity index (χ1v) is 5.53. The van der Waals surface area contributed by atoms with Gasteiger partial charge in [0.05, 0.1) is 11.4 Å². The van der Waals surface area contributed by atoms with Gasteiger partial charge in [0, 0.05) is 20.6 Å². The number of carbonyl (C=O) groups is 1. The predicted molar refractivity (Wildman–Crippen MR) is 64.2 cm³/mol. The van der Waals surface area contributed by atoms with Gasteiger partial charge in [-0.15, -0.1) is 0 Å². The lowest BCUT2D eigenvalue weighted by Gasteiger charge is -2.16. The fourth-order valence-corrected chi connectivity index (χ4v) is 1.61. The molecule has 0 aliphatic rings. The molecule has 0 aliphatic carbocycles. The van der Waals surface area contributed by atoms with E-state index in [-0.39, 0.29) is 5.91 Å². The summed E-state index contributed by atoms with van der Waals surface area (Å²) in [6.45, 7) is 4.65. The molecule has 0 unspecified atom stereocenters. The highest BCUT2D eigenvalue weighted by atomic mass is 16.2. The summed E-state index contributed by atoms with van der Waals surface area (Å²) in [5.74, 6) is -0.0611. The zero-order chi connectivity index (χ0) is 12.3.